The van der Waals surface area contributed by atoms with E-state index in [0.29, 0.717) is 5.65 Å². The molecule has 0 unspecified atom stereocenters. The van der Waals surface area contributed by atoms with Gasteiger partial charge in [-0.15, -0.1) is 0 Å². The maximum Gasteiger partial charge on any atom is 0.180 e. The maximum absolute atomic E-state index is 4.57. The van der Waals surface area contributed by atoms with Crippen LogP contribution in [0.15, 0.2) is 48.7 Å². The van der Waals surface area contributed by atoms with Crippen molar-refractivity contribution in [1.29, 1.82) is 0 Å². The van der Waals surface area contributed by atoms with Gasteiger partial charge in [0.15, 0.2) is 5.65 Å². The van der Waals surface area contributed by atoms with Gasteiger partial charge in [0.25, 0.3) is 0 Å². The van der Waals surface area contributed by atoms with E-state index in [-0.39, 0.29) is 0 Å². The number of nitrogens with one attached hydrogen (secondary N) is 2. The van der Waals surface area contributed by atoms with Crippen LogP contribution in [0, 0.1) is 0 Å². The minimum Gasteiger partial charge on any atom is -0.373 e. The van der Waals surface area contributed by atoms with Gasteiger partial charge in [0, 0.05) is 24.2 Å². The molecule has 0 fully saturated rings. The predicted octanol–water partition coefficient (Wildman–Crippen LogP) is 3.21. The fourth-order valence-electron chi connectivity index (χ4n) is 2.39. The summed E-state index contributed by atoms with van der Waals surface area (Å²) < 4.78 is 0. The van der Waals surface area contributed by atoms with Crippen LogP contribution in [0.4, 0.5) is 5.82 Å². The molecule has 21 heavy (non-hydrogen) atoms. The molecule has 0 bridgehead atoms. The number of hydrogen-bond acceptors (Lipinski definition) is 4. The zero-order valence-electron chi connectivity index (χ0n) is 11.5. The Kier molecular flexibility index (Phi) is 2.57. The third-order valence-corrected chi connectivity index (χ3v) is 3.48. The minimum atomic E-state index is 0.711. The lowest BCUT2D eigenvalue weighted by molar-refractivity contribution is 1.28. The lowest BCUT2D eigenvalue weighted by Gasteiger charge is -1.99. The van der Waals surface area contributed by atoms with Crippen LogP contribution in [0.1, 0.15) is 0 Å². The first-order chi connectivity index (χ1) is 10.3. The second-order valence-corrected chi connectivity index (χ2v) is 4.81. The third-order valence-electron chi connectivity index (χ3n) is 3.48. The Bertz CT molecular complexity index is 942. The summed E-state index contributed by atoms with van der Waals surface area (Å²) in [6.07, 6.45) is 1.80. The van der Waals surface area contributed by atoms with Gasteiger partial charge in [-0.3, -0.25) is 4.98 Å². The molecule has 0 saturated carbocycles. The normalized spacial score (nSPS) is 11.1. The molecule has 5 nitrogen and oxygen atoms in total. The molecule has 2 N–H and O–H groups in total. The van der Waals surface area contributed by atoms with Crippen LogP contribution in [-0.2, 0) is 0 Å². The zero-order chi connectivity index (χ0) is 14.2. The van der Waals surface area contributed by atoms with Crippen LogP contribution in [-0.4, -0.2) is 27.0 Å². The Morgan fingerprint density at radius 1 is 1.05 bits per heavy atom. The van der Waals surface area contributed by atoms with Crippen LogP contribution < -0.4 is 5.32 Å². The van der Waals surface area contributed by atoms with E-state index in [1.807, 2.05) is 43.4 Å². The van der Waals surface area contributed by atoms with E-state index in [0.717, 1.165) is 33.6 Å². The molecular formula is C16H13N5. The van der Waals surface area contributed by atoms with Crippen LogP contribution in [0.3, 0.4) is 0 Å². The SMILES string of the molecule is CNc1ccc2[nH]c(-c3ccc4ncccc4c3)nc2n1. The van der Waals surface area contributed by atoms with E-state index in [1.54, 1.807) is 6.20 Å². The number of anilines is 1. The Balaban J connectivity index is 1.87. The molecule has 3 heterocycles. The summed E-state index contributed by atoms with van der Waals surface area (Å²) in [5.74, 6) is 1.62. The van der Waals surface area contributed by atoms with Crippen molar-refractivity contribution >= 4 is 27.9 Å². The first-order valence-corrected chi connectivity index (χ1v) is 6.73. The maximum atomic E-state index is 4.57. The van der Waals surface area contributed by atoms with Crippen molar-refractivity contribution in [2.75, 3.05) is 12.4 Å². The number of pyridine rings is 2. The van der Waals surface area contributed by atoms with Crippen molar-refractivity contribution in [1.82, 2.24) is 19.9 Å². The van der Waals surface area contributed by atoms with Crippen LogP contribution in [0.25, 0.3) is 33.5 Å². The molecule has 4 rings (SSSR count). The Morgan fingerprint density at radius 3 is 2.90 bits per heavy atom. The highest BCUT2D eigenvalue weighted by atomic mass is 15.0. The molecule has 0 aliphatic rings. The molecule has 0 saturated heterocycles. The molecule has 0 spiro atoms. The lowest BCUT2D eigenvalue weighted by Crippen LogP contribution is -1.91. The molecule has 0 aliphatic carbocycles. The molecule has 0 amide bonds. The summed E-state index contributed by atoms with van der Waals surface area (Å²) in [7, 11) is 1.85. The molecular weight excluding hydrogens is 262 g/mol. The van der Waals surface area contributed by atoms with Crippen LogP contribution >= 0.6 is 0 Å². The van der Waals surface area contributed by atoms with Gasteiger partial charge in [-0.1, -0.05) is 6.07 Å². The number of hydrogen-bond donors (Lipinski definition) is 2. The number of nitrogens with zero attached hydrogens (tertiary/aromatic N) is 3. The van der Waals surface area contributed by atoms with Crippen molar-refractivity contribution in [2.24, 2.45) is 0 Å². The Hall–Kier alpha value is -2.95. The van der Waals surface area contributed by atoms with E-state index in [9.17, 15) is 0 Å². The summed E-state index contributed by atoms with van der Waals surface area (Å²) in [4.78, 5) is 16.6. The summed E-state index contributed by atoms with van der Waals surface area (Å²) in [5, 5.41) is 4.12. The number of fused-ring (bicyclic) bond motifs is 2. The number of benzene rings is 1. The summed E-state index contributed by atoms with van der Waals surface area (Å²) in [5.41, 5.74) is 3.64. The molecule has 0 radical (unpaired) electrons. The molecule has 0 aliphatic heterocycles. The van der Waals surface area contributed by atoms with Gasteiger partial charge in [0.2, 0.25) is 0 Å². The third kappa shape index (κ3) is 1.99. The molecule has 102 valence electrons. The molecule has 3 aromatic heterocycles. The van der Waals surface area contributed by atoms with E-state index < -0.39 is 0 Å². The number of H-pyrrole nitrogens is 1. The van der Waals surface area contributed by atoms with Gasteiger partial charge in [-0.05, 0) is 36.4 Å². The summed E-state index contributed by atoms with van der Waals surface area (Å²) in [6.45, 7) is 0. The van der Waals surface area contributed by atoms with Gasteiger partial charge >= 0.3 is 0 Å². The second kappa shape index (κ2) is 4.56. The Morgan fingerprint density at radius 2 is 2.00 bits per heavy atom. The van der Waals surface area contributed by atoms with Crippen molar-refractivity contribution in [2.45, 2.75) is 0 Å². The highest BCUT2D eigenvalue weighted by molar-refractivity contribution is 5.85. The van der Waals surface area contributed by atoms with E-state index in [2.05, 4.69) is 31.3 Å². The molecule has 5 heteroatoms. The number of imidazole rings is 1. The average molecular weight is 275 g/mol. The van der Waals surface area contributed by atoms with Gasteiger partial charge in [-0.2, -0.15) is 0 Å². The van der Waals surface area contributed by atoms with Crippen LogP contribution in [0.5, 0.6) is 0 Å². The number of rotatable bonds is 2. The van der Waals surface area contributed by atoms with Crippen molar-refractivity contribution in [3.05, 3.63) is 48.7 Å². The fourth-order valence-corrected chi connectivity index (χ4v) is 2.39. The lowest BCUT2D eigenvalue weighted by atomic mass is 10.1. The Labute approximate surface area is 121 Å². The standard InChI is InChI=1S/C16H13N5/c1-17-14-7-6-13-16(20-14)21-15(19-13)11-4-5-12-10(9-11)3-2-8-18-12/h2-9H,1H3,(H2,17,19,20,21). The van der Waals surface area contributed by atoms with Crippen molar-refractivity contribution < 1.29 is 0 Å². The van der Waals surface area contributed by atoms with Gasteiger partial charge in [0.05, 0.1) is 11.0 Å². The zero-order valence-corrected chi connectivity index (χ0v) is 11.5. The van der Waals surface area contributed by atoms with E-state index >= 15 is 0 Å². The van der Waals surface area contributed by atoms with E-state index in [1.165, 1.54) is 0 Å². The fraction of sp³-hybridized carbons (Fsp3) is 0.0625. The molecule has 0 atom stereocenters. The summed E-state index contributed by atoms with van der Waals surface area (Å²) >= 11 is 0. The summed E-state index contributed by atoms with van der Waals surface area (Å²) in [6, 6.07) is 14.0. The predicted molar refractivity (Wildman–Crippen MR) is 84.2 cm³/mol. The minimum absolute atomic E-state index is 0.711. The van der Waals surface area contributed by atoms with E-state index in [4.69, 9.17) is 0 Å². The van der Waals surface area contributed by atoms with Crippen molar-refractivity contribution in [3.8, 4) is 11.4 Å². The topological polar surface area (TPSA) is 66.5 Å². The van der Waals surface area contributed by atoms with Gasteiger partial charge in [0.1, 0.15) is 11.6 Å². The highest BCUT2D eigenvalue weighted by Crippen LogP contribution is 2.23. The molecule has 4 aromatic rings. The van der Waals surface area contributed by atoms with Crippen molar-refractivity contribution in [3.63, 3.8) is 0 Å². The van der Waals surface area contributed by atoms with Gasteiger partial charge < -0.3 is 10.3 Å². The largest absolute Gasteiger partial charge is 0.373 e. The number of aromatic amines is 1. The molecule has 1 aromatic carbocycles. The average Bonchev–Trinajstić information content (AvgIpc) is 2.97. The van der Waals surface area contributed by atoms with Gasteiger partial charge in [-0.25, -0.2) is 9.97 Å². The highest BCUT2D eigenvalue weighted by Gasteiger charge is 2.07. The van der Waals surface area contributed by atoms with Crippen LogP contribution in [0.2, 0.25) is 0 Å². The number of aromatic nitrogens is 4. The first kappa shape index (κ1) is 11.8. The first-order valence-electron chi connectivity index (χ1n) is 6.73. The second-order valence-electron chi connectivity index (χ2n) is 4.81. The monoisotopic (exact) mass is 275 g/mol. The smallest absolute Gasteiger partial charge is 0.180 e. The quantitative estimate of drug-likeness (QED) is 0.589.